The molecule has 0 aliphatic carbocycles. The summed E-state index contributed by atoms with van der Waals surface area (Å²) in [5.41, 5.74) is 3.92. The summed E-state index contributed by atoms with van der Waals surface area (Å²) in [6.45, 7) is 6.50. The molecule has 0 saturated heterocycles. The molecule has 2 N–H and O–H groups in total. The molecular weight excluding hydrogens is 286 g/mol. The second kappa shape index (κ2) is 6.73. The molecule has 0 spiro atoms. The van der Waals surface area contributed by atoms with Gasteiger partial charge in [-0.1, -0.05) is 39.0 Å². The Hall–Kier alpha value is -2.49. The molecule has 4 heteroatoms. The predicted molar refractivity (Wildman–Crippen MR) is 98.6 cm³/mol. The van der Waals surface area contributed by atoms with Crippen LogP contribution in [0.25, 0.3) is 0 Å². The highest BCUT2D eigenvalue weighted by Crippen LogP contribution is 2.23. The van der Waals surface area contributed by atoms with Gasteiger partial charge in [0.15, 0.2) is 0 Å². The highest BCUT2D eigenvalue weighted by Gasteiger charge is 2.13. The molecule has 0 radical (unpaired) electrons. The Morgan fingerprint density at radius 1 is 0.913 bits per heavy atom. The fourth-order valence-corrected chi connectivity index (χ4v) is 2.21. The summed E-state index contributed by atoms with van der Waals surface area (Å²) in [4.78, 5) is 14.1. The third kappa shape index (κ3) is 4.74. The highest BCUT2D eigenvalue weighted by atomic mass is 16.2. The topological polar surface area (TPSA) is 44.4 Å². The molecule has 0 saturated carbocycles. The first-order chi connectivity index (χ1) is 10.8. The molecule has 0 heterocycles. The van der Waals surface area contributed by atoms with Crippen LogP contribution in [0.3, 0.4) is 0 Å². The minimum atomic E-state index is -0.246. The summed E-state index contributed by atoms with van der Waals surface area (Å²) in [6.07, 6.45) is 0. The third-order valence-electron chi connectivity index (χ3n) is 3.63. The van der Waals surface area contributed by atoms with Gasteiger partial charge in [0.05, 0.1) is 0 Å². The second-order valence-corrected chi connectivity index (χ2v) is 6.85. The van der Waals surface area contributed by atoms with Gasteiger partial charge in [-0.05, 0) is 41.3 Å². The van der Waals surface area contributed by atoms with Crippen LogP contribution in [0.2, 0.25) is 0 Å². The monoisotopic (exact) mass is 311 g/mol. The number of rotatable bonds is 3. The Balaban J connectivity index is 2.01. The molecule has 23 heavy (non-hydrogen) atoms. The van der Waals surface area contributed by atoms with Crippen LogP contribution in [0.1, 0.15) is 26.3 Å². The number of urea groups is 1. The number of hydrogen-bond donors (Lipinski definition) is 2. The highest BCUT2D eigenvalue weighted by molar-refractivity contribution is 6.00. The van der Waals surface area contributed by atoms with E-state index in [2.05, 4.69) is 31.4 Å². The molecule has 0 aromatic heterocycles. The van der Waals surface area contributed by atoms with Gasteiger partial charge in [-0.3, -0.25) is 0 Å². The predicted octanol–water partition coefficient (Wildman–Crippen LogP) is 4.69. The largest absolute Gasteiger partial charge is 0.378 e. The Morgan fingerprint density at radius 2 is 1.52 bits per heavy atom. The normalized spacial score (nSPS) is 11.0. The zero-order chi connectivity index (χ0) is 17.0. The molecular formula is C19H25N3O. The lowest BCUT2D eigenvalue weighted by molar-refractivity contribution is 0.262. The fraction of sp³-hybridized carbons (Fsp3) is 0.316. The zero-order valence-electron chi connectivity index (χ0n) is 14.5. The minimum Gasteiger partial charge on any atom is -0.378 e. The van der Waals surface area contributed by atoms with Crippen LogP contribution in [0, 0.1) is 0 Å². The summed E-state index contributed by atoms with van der Waals surface area (Å²) in [7, 11) is 3.94. The first-order valence-corrected chi connectivity index (χ1v) is 7.71. The van der Waals surface area contributed by atoms with Gasteiger partial charge in [-0.15, -0.1) is 0 Å². The molecule has 2 rings (SSSR count). The van der Waals surface area contributed by atoms with E-state index in [1.165, 1.54) is 5.56 Å². The molecule has 0 unspecified atom stereocenters. The minimum absolute atomic E-state index is 0.105. The lowest BCUT2D eigenvalue weighted by Gasteiger charge is -2.19. The Morgan fingerprint density at radius 3 is 2.09 bits per heavy atom. The van der Waals surface area contributed by atoms with Gasteiger partial charge >= 0.3 is 6.03 Å². The van der Waals surface area contributed by atoms with Crippen LogP contribution in [0.4, 0.5) is 21.9 Å². The van der Waals surface area contributed by atoms with Crippen molar-refractivity contribution in [2.75, 3.05) is 29.6 Å². The average molecular weight is 311 g/mol. The van der Waals surface area contributed by atoms with Crippen LogP contribution in [0.5, 0.6) is 0 Å². The maximum absolute atomic E-state index is 12.1. The van der Waals surface area contributed by atoms with E-state index in [4.69, 9.17) is 0 Å². The number of nitrogens with zero attached hydrogens (tertiary/aromatic N) is 1. The van der Waals surface area contributed by atoms with Gasteiger partial charge < -0.3 is 15.5 Å². The SMILES string of the molecule is CN(C)c1cccc(NC(=O)Nc2ccc(C(C)(C)C)cc2)c1. The quantitative estimate of drug-likeness (QED) is 0.863. The smallest absolute Gasteiger partial charge is 0.323 e. The van der Waals surface area contributed by atoms with E-state index in [-0.39, 0.29) is 11.4 Å². The number of nitrogens with one attached hydrogen (secondary N) is 2. The van der Waals surface area contributed by atoms with E-state index in [0.717, 1.165) is 17.1 Å². The number of amides is 2. The van der Waals surface area contributed by atoms with Crippen molar-refractivity contribution >= 4 is 23.1 Å². The first-order valence-electron chi connectivity index (χ1n) is 7.71. The number of carbonyl (C=O) groups is 1. The average Bonchev–Trinajstić information content (AvgIpc) is 2.47. The molecule has 0 aliphatic heterocycles. The second-order valence-electron chi connectivity index (χ2n) is 6.85. The fourth-order valence-electron chi connectivity index (χ4n) is 2.21. The van der Waals surface area contributed by atoms with E-state index in [1.807, 2.05) is 67.5 Å². The van der Waals surface area contributed by atoms with E-state index >= 15 is 0 Å². The summed E-state index contributed by atoms with van der Waals surface area (Å²) in [6, 6.07) is 15.4. The van der Waals surface area contributed by atoms with Crippen molar-refractivity contribution in [1.82, 2.24) is 0 Å². The van der Waals surface area contributed by atoms with Gasteiger partial charge in [-0.25, -0.2) is 4.79 Å². The van der Waals surface area contributed by atoms with Crippen molar-refractivity contribution in [2.45, 2.75) is 26.2 Å². The Labute approximate surface area is 138 Å². The maximum Gasteiger partial charge on any atom is 0.323 e. The molecule has 0 aliphatic rings. The van der Waals surface area contributed by atoms with Gasteiger partial charge in [0, 0.05) is 31.2 Å². The van der Waals surface area contributed by atoms with Gasteiger partial charge in [0.1, 0.15) is 0 Å². The zero-order valence-corrected chi connectivity index (χ0v) is 14.5. The first kappa shape index (κ1) is 16.9. The van der Waals surface area contributed by atoms with Crippen molar-refractivity contribution in [3.8, 4) is 0 Å². The molecule has 0 bridgehead atoms. The lowest BCUT2D eigenvalue weighted by atomic mass is 9.87. The summed E-state index contributed by atoms with van der Waals surface area (Å²) in [5.74, 6) is 0. The van der Waals surface area contributed by atoms with Gasteiger partial charge in [-0.2, -0.15) is 0 Å². The summed E-state index contributed by atoms with van der Waals surface area (Å²) in [5, 5.41) is 5.71. The molecule has 2 aromatic rings. The van der Waals surface area contributed by atoms with E-state index in [0.29, 0.717) is 0 Å². The molecule has 4 nitrogen and oxygen atoms in total. The van der Waals surface area contributed by atoms with Crippen molar-refractivity contribution in [1.29, 1.82) is 0 Å². The van der Waals surface area contributed by atoms with Gasteiger partial charge in [0.25, 0.3) is 0 Å². The van der Waals surface area contributed by atoms with Crippen LogP contribution >= 0.6 is 0 Å². The van der Waals surface area contributed by atoms with Crippen molar-refractivity contribution in [2.24, 2.45) is 0 Å². The molecule has 0 atom stereocenters. The molecule has 2 aromatic carbocycles. The summed E-state index contributed by atoms with van der Waals surface area (Å²) < 4.78 is 0. The molecule has 122 valence electrons. The van der Waals surface area contributed by atoms with Crippen LogP contribution in [-0.4, -0.2) is 20.1 Å². The van der Waals surface area contributed by atoms with Crippen LogP contribution in [0.15, 0.2) is 48.5 Å². The van der Waals surface area contributed by atoms with Crippen molar-refractivity contribution in [3.05, 3.63) is 54.1 Å². The lowest BCUT2D eigenvalue weighted by Crippen LogP contribution is -2.20. The Kier molecular flexibility index (Phi) is 4.94. The number of hydrogen-bond acceptors (Lipinski definition) is 2. The third-order valence-corrected chi connectivity index (χ3v) is 3.63. The van der Waals surface area contributed by atoms with Crippen molar-refractivity contribution < 1.29 is 4.79 Å². The standard InChI is InChI=1S/C19H25N3O/c1-19(2,3)14-9-11-15(12-10-14)20-18(23)21-16-7-6-8-17(13-16)22(4)5/h6-13H,1-5H3,(H2,20,21,23). The van der Waals surface area contributed by atoms with E-state index in [9.17, 15) is 4.79 Å². The maximum atomic E-state index is 12.1. The van der Waals surface area contributed by atoms with Crippen LogP contribution in [-0.2, 0) is 5.41 Å². The van der Waals surface area contributed by atoms with Crippen molar-refractivity contribution in [3.63, 3.8) is 0 Å². The molecule has 0 fully saturated rings. The number of benzene rings is 2. The van der Waals surface area contributed by atoms with Gasteiger partial charge in [0.2, 0.25) is 0 Å². The Bertz CT molecular complexity index is 670. The summed E-state index contributed by atoms with van der Waals surface area (Å²) >= 11 is 0. The molecule has 2 amide bonds. The van der Waals surface area contributed by atoms with E-state index < -0.39 is 0 Å². The van der Waals surface area contributed by atoms with E-state index in [1.54, 1.807) is 0 Å². The van der Waals surface area contributed by atoms with Crippen LogP contribution < -0.4 is 15.5 Å². The number of carbonyl (C=O) groups excluding carboxylic acids is 1. The number of anilines is 3.